The first-order chi connectivity index (χ1) is 7.50. The van der Waals surface area contributed by atoms with Crippen molar-refractivity contribution in [3.05, 3.63) is 16.6 Å². The lowest BCUT2D eigenvalue weighted by Gasteiger charge is -2.21. The number of Topliss-reactive ketones (excluding diaryl/α,β-unsaturated/α-hetero) is 1. The fourth-order valence-electron chi connectivity index (χ4n) is 1.59. The van der Waals surface area contributed by atoms with Gasteiger partial charge in [-0.25, -0.2) is 4.98 Å². The molecule has 0 amide bonds. The minimum Gasteiger partial charge on any atom is -0.305 e. The maximum atomic E-state index is 12.0. The Morgan fingerprint density at radius 3 is 2.56 bits per heavy atom. The first-order valence-electron chi connectivity index (χ1n) is 5.67. The van der Waals surface area contributed by atoms with E-state index in [1.807, 2.05) is 24.7 Å². The van der Waals surface area contributed by atoms with Crippen LogP contribution < -0.4 is 5.32 Å². The minimum absolute atomic E-state index is 0.0647. The van der Waals surface area contributed by atoms with E-state index >= 15 is 0 Å². The van der Waals surface area contributed by atoms with Crippen LogP contribution in [-0.4, -0.2) is 22.9 Å². The maximum Gasteiger partial charge on any atom is 0.152 e. The highest BCUT2D eigenvalue weighted by molar-refractivity contribution is 7.07. The zero-order valence-corrected chi connectivity index (χ0v) is 11.2. The van der Waals surface area contributed by atoms with Gasteiger partial charge in [-0.3, -0.25) is 4.79 Å². The fourth-order valence-corrected chi connectivity index (χ4v) is 2.17. The van der Waals surface area contributed by atoms with E-state index in [9.17, 15) is 4.79 Å². The van der Waals surface area contributed by atoms with Crippen LogP contribution in [0.2, 0.25) is 0 Å². The molecule has 0 saturated heterocycles. The van der Waals surface area contributed by atoms with Crippen molar-refractivity contribution in [1.82, 2.24) is 10.3 Å². The van der Waals surface area contributed by atoms with Gasteiger partial charge in [-0.05, 0) is 0 Å². The number of carbonyl (C=O) groups is 1. The summed E-state index contributed by atoms with van der Waals surface area (Å²) >= 11 is 1.57. The van der Waals surface area contributed by atoms with Crippen molar-refractivity contribution < 1.29 is 4.79 Å². The molecular weight excluding hydrogens is 220 g/mol. The number of hydrogen-bond acceptors (Lipinski definition) is 4. The number of thiazole rings is 1. The number of ketones is 1. The third kappa shape index (κ3) is 4.02. The summed E-state index contributed by atoms with van der Waals surface area (Å²) in [6, 6.07) is 0.202. The monoisotopic (exact) mass is 240 g/mol. The van der Waals surface area contributed by atoms with Gasteiger partial charge in [0.25, 0.3) is 0 Å². The topological polar surface area (TPSA) is 42.0 Å². The second-order valence-electron chi connectivity index (χ2n) is 4.61. The van der Waals surface area contributed by atoms with Crippen LogP contribution in [0, 0.1) is 5.92 Å². The van der Waals surface area contributed by atoms with Crippen LogP contribution in [0.3, 0.4) is 0 Å². The van der Waals surface area contributed by atoms with Gasteiger partial charge < -0.3 is 5.32 Å². The van der Waals surface area contributed by atoms with Gasteiger partial charge in [0.15, 0.2) is 5.78 Å². The average molecular weight is 240 g/mol. The quantitative estimate of drug-likeness (QED) is 0.829. The van der Waals surface area contributed by atoms with Crippen LogP contribution in [0.1, 0.15) is 33.4 Å². The van der Waals surface area contributed by atoms with E-state index < -0.39 is 0 Å². The van der Waals surface area contributed by atoms with Crippen LogP contribution in [0.5, 0.6) is 0 Å². The Kier molecular flexibility index (Phi) is 5.09. The molecule has 90 valence electrons. The van der Waals surface area contributed by atoms with E-state index in [2.05, 4.69) is 24.1 Å². The molecule has 0 aliphatic heterocycles. The molecule has 1 N–H and O–H groups in total. The number of aromatic nitrogens is 1. The molecule has 1 rings (SSSR count). The van der Waals surface area contributed by atoms with E-state index in [0.717, 1.165) is 5.69 Å². The molecule has 0 bridgehead atoms. The summed E-state index contributed by atoms with van der Waals surface area (Å²) in [6.45, 7) is 8.00. The van der Waals surface area contributed by atoms with Crippen molar-refractivity contribution in [3.63, 3.8) is 0 Å². The van der Waals surface area contributed by atoms with Gasteiger partial charge in [0.2, 0.25) is 0 Å². The van der Waals surface area contributed by atoms with E-state index in [4.69, 9.17) is 0 Å². The van der Waals surface area contributed by atoms with Gasteiger partial charge in [0, 0.05) is 23.8 Å². The molecular formula is C12H20N2OS. The molecule has 3 nitrogen and oxygen atoms in total. The molecule has 0 radical (unpaired) electrons. The maximum absolute atomic E-state index is 12.0. The second kappa shape index (κ2) is 6.11. The Hall–Kier alpha value is -0.740. The number of hydrogen-bond donors (Lipinski definition) is 1. The first-order valence-corrected chi connectivity index (χ1v) is 6.61. The van der Waals surface area contributed by atoms with Gasteiger partial charge >= 0.3 is 0 Å². The Morgan fingerprint density at radius 1 is 1.44 bits per heavy atom. The Balaban J connectivity index is 2.67. The Bertz CT molecular complexity index is 320. The van der Waals surface area contributed by atoms with E-state index in [-0.39, 0.29) is 17.7 Å². The summed E-state index contributed by atoms with van der Waals surface area (Å²) in [6.07, 6.45) is 0.693. The predicted octanol–water partition coefficient (Wildman–Crippen LogP) is 2.28. The smallest absolute Gasteiger partial charge is 0.152 e. The standard InChI is InChI=1S/C12H20N2OS/c1-8(2)12(15)11(14-9(3)4)5-10-6-16-7-13-10/h6-9,11,14H,5H2,1-4H3. The van der Waals surface area contributed by atoms with E-state index in [1.165, 1.54) is 0 Å². The molecule has 1 atom stereocenters. The molecule has 0 aliphatic carbocycles. The van der Waals surface area contributed by atoms with Crippen molar-refractivity contribution in [2.24, 2.45) is 5.92 Å². The molecule has 0 fully saturated rings. The molecule has 16 heavy (non-hydrogen) atoms. The number of nitrogens with one attached hydrogen (secondary N) is 1. The van der Waals surface area contributed by atoms with Gasteiger partial charge in [-0.2, -0.15) is 0 Å². The lowest BCUT2D eigenvalue weighted by Crippen LogP contribution is -2.44. The normalized spacial score (nSPS) is 13.4. The molecule has 0 aliphatic rings. The van der Waals surface area contributed by atoms with Gasteiger partial charge in [0.1, 0.15) is 0 Å². The number of rotatable bonds is 6. The molecule has 1 unspecified atom stereocenters. The van der Waals surface area contributed by atoms with Crippen LogP contribution in [-0.2, 0) is 11.2 Å². The highest BCUT2D eigenvalue weighted by Crippen LogP contribution is 2.09. The largest absolute Gasteiger partial charge is 0.305 e. The zero-order chi connectivity index (χ0) is 12.1. The lowest BCUT2D eigenvalue weighted by molar-refractivity contribution is -0.124. The number of nitrogens with zero attached hydrogens (tertiary/aromatic N) is 1. The summed E-state index contributed by atoms with van der Waals surface area (Å²) in [5.41, 5.74) is 2.80. The van der Waals surface area contributed by atoms with E-state index in [1.54, 1.807) is 11.3 Å². The summed E-state index contributed by atoms with van der Waals surface area (Å²) in [5.74, 6) is 0.330. The van der Waals surface area contributed by atoms with Crippen molar-refractivity contribution in [3.8, 4) is 0 Å². The van der Waals surface area contributed by atoms with Crippen molar-refractivity contribution in [2.45, 2.75) is 46.2 Å². The van der Waals surface area contributed by atoms with Gasteiger partial charge in [-0.1, -0.05) is 27.7 Å². The second-order valence-corrected chi connectivity index (χ2v) is 5.33. The molecule has 1 aromatic heterocycles. The third-order valence-electron chi connectivity index (χ3n) is 2.34. The first kappa shape index (κ1) is 13.3. The van der Waals surface area contributed by atoms with Gasteiger partial charge in [-0.15, -0.1) is 11.3 Å². The van der Waals surface area contributed by atoms with Crippen LogP contribution in [0.15, 0.2) is 10.9 Å². The fraction of sp³-hybridized carbons (Fsp3) is 0.667. The van der Waals surface area contributed by atoms with Crippen molar-refractivity contribution in [2.75, 3.05) is 0 Å². The number of carbonyl (C=O) groups excluding carboxylic acids is 1. The van der Waals surface area contributed by atoms with Crippen molar-refractivity contribution in [1.29, 1.82) is 0 Å². The summed E-state index contributed by atoms with van der Waals surface area (Å²) < 4.78 is 0. The summed E-state index contributed by atoms with van der Waals surface area (Å²) in [5, 5.41) is 5.32. The lowest BCUT2D eigenvalue weighted by atomic mass is 9.97. The molecule has 1 aromatic rings. The molecule has 1 heterocycles. The van der Waals surface area contributed by atoms with Crippen LogP contribution >= 0.6 is 11.3 Å². The SMILES string of the molecule is CC(C)NC(Cc1cscn1)C(=O)C(C)C. The van der Waals surface area contributed by atoms with Crippen molar-refractivity contribution >= 4 is 17.1 Å². The van der Waals surface area contributed by atoms with Gasteiger partial charge in [0.05, 0.1) is 17.2 Å². The molecule has 0 saturated carbocycles. The minimum atomic E-state index is -0.109. The van der Waals surface area contributed by atoms with Crippen LogP contribution in [0.4, 0.5) is 0 Å². The highest BCUT2D eigenvalue weighted by atomic mass is 32.1. The average Bonchev–Trinajstić information content (AvgIpc) is 2.67. The third-order valence-corrected chi connectivity index (χ3v) is 2.98. The zero-order valence-electron chi connectivity index (χ0n) is 10.4. The Morgan fingerprint density at radius 2 is 2.12 bits per heavy atom. The molecule has 0 spiro atoms. The summed E-state index contributed by atoms with van der Waals surface area (Å²) in [7, 11) is 0. The molecule has 0 aromatic carbocycles. The molecule has 4 heteroatoms. The van der Waals surface area contributed by atoms with E-state index in [0.29, 0.717) is 12.5 Å². The predicted molar refractivity (Wildman–Crippen MR) is 67.7 cm³/mol. The van der Waals surface area contributed by atoms with Crippen LogP contribution in [0.25, 0.3) is 0 Å². The summed E-state index contributed by atoms with van der Waals surface area (Å²) in [4.78, 5) is 16.2. The highest BCUT2D eigenvalue weighted by Gasteiger charge is 2.22. The Labute approximate surface area is 101 Å².